The van der Waals surface area contributed by atoms with Crippen molar-refractivity contribution in [3.8, 4) is 10.8 Å². The molecule has 0 spiro atoms. The maximum absolute atomic E-state index is 14.2. The lowest BCUT2D eigenvalue weighted by Crippen LogP contribution is -2.42. The number of halogens is 1. The lowest BCUT2D eigenvalue weighted by molar-refractivity contribution is -0.124. The Morgan fingerprint density at radius 3 is 2.54 bits per heavy atom. The molecule has 10 nitrogen and oxygen atoms in total. The highest BCUT2D eigenvalue weighted by molar-refractivity contribution is 7.09. The number of furan rings is 1. The van der Waals surface area contributed by atoms with Crippen LogP contribution in [0.2, 0.25) is 0 Å². The maximum Gasteiger partial charge on any atom is 0.258 e. The summed E-state index contributed by atoms with van der Waals surface area (Å²) in [6.45, 7) is 6.78. The van der Waals surface area contributed by atoms with Gasteiger partial charge in [0.15, 0.2) is 16.6 Å². The molecule has 0 aliphatic carbocycles. The van der Waals surface area contributed by atoms with Gasteiger partial charge in [0.05, 0.1) is 28.9 Å². The summed E-state index contributed by atoms with van der Waals surface area (Å²) >= 11 is 1.16. The number of hydrogen-bond acceptors (Lipinski definition) is 8. The zero-order valence-corrected chi connectivity index (χ0v) is 20.2. The third kappa shape index (κ3) is 3.60. The Hall–Kier alpha value is -3.93. The molecule has 35 heavy (non-hydrogen) atoms. The number of carbonyl (C=O) groups excluding carboxylic acids is 3. The van der Waals surface area contributed by atoms with Gasteiger partial charge in [-0.3, -0.25) is 14.4 Å². The summed E-state index contributed by atoms with van der Waals surface area (Å²) in [5, 5.41) is 0.768. The summed E-state index contributed by atoms with van der Waals surface area (Å²) in [7, 11) is 0. The Labute approximate surface area is 203 Å². The first-order valence-corrected chi connectivity index (χ1v) is 11.7. The van der Waals surface area contributed by atoms with Crippen LogP contribution in [0.15, 0.2) is 28.9 Å². The molecule has 180 valence electrons. The number of hydrogen-bond donors (Lipinski definition) is 0. The third-order valence-electron chi connectivity index (χ3n) is 6.03. The average Bonchev–Trinajstić information content (AvgIpc) is 3.53. The second-order valence-corrected chi connectivity index (χ2v) is 9.00. The van der Waals surface area contributed by atoms with Crippen LogP contribution in [0.25, 0.3) is 21.8 Å². The van der Waals surface area contributed by atoms with Gasteiger partial charge in [0.25, 0.3) is 5.91 Å². The SMILES string of the molecule is CC(=O)N(C(C)=O)c1nc(-c2nc(C)ns2)n2c1C(C)N(C(=O)c1ccc(F)c3ccoc13)CC2. The van der Waals surface area contributed by atoms with Crippen LogP contribution in [-0.2, 0) is 16.1 Å². The van der Waals surface area contributed by atoms with Crippen molar-refractivity contribution in [2.45, 2.75) is 40.3 Å². The van der Waals surface area contributed by atoms with Crippen molar-refractivity contribution in [2.24, 2.45) is 0 Å². The van der Waals surface area contributed by atoms with Gasteiger partial charge < -0.3 is 13.9 Å². The van der Waals surface area contributed by atoms with Crippen molar-refractivity contribution in [2.75, 3.05) is 11.4 Å². The van der Waals surface area contributed by atoms with Gasteiger partial charge in [0.2, 0.25) is 11.8 Å². The number of anilines is 1. The van der Waals surface area contributed by atoms with Gasteiger partial charge in [-0.15, -0.1) is 0 Å². The van der Waals surface area contributed by atoms with E-state index in [4.69, 9.17) is 4.42 Å². The monoisotopic (exact) mass is 496 g/mol. The zero-order valence-electron chi connectivity index (χ0n) is 19.4. The number of nitrogens with zero attached hydrogens (tertiary/aromatic N) is 6. The summed E-state index contributed by atoms with van der Waals surface area (Å²) < 4.78 is 25.7. The average molecular weight is 497 g/mol. The first-order valence-electron chi connectivity index (χ1n) is 10.9. The molecule has 1 unspecified atom stereocenters. The second kappa shape index (κ2) is 8.38. The number of aryl methyl sites for hydroxylation is 1. The van der Waals surface area contributed by atoms with Crippen LogP contribution in [0.3, 0.4) is 0 Å². The molecule has 1 atom stereocenters. The zero-order chi connectivity index (χ0) is 25.0. The molecule has 0 saturated heterocycles. The summed E-state index contributed by atoms with van der Waals surface area (Å²) in [4.78, 5) is 50.1. The minimum Gasteiger partial charge on any atom is -0.463 e. The fraction of sp³-hybridized carbons (Fsp3) is 0.304. The van der Waals surface area contributed by atoms with Crippen molar-refractivity contribution >= 4 is 46.0 Å². The van der Waals surface area contributed by atoms with Crippen LogP contribution in [0, 0.1) is 12.7 Å². The quantitative estimate of drug-likeness (QED) is 0.425. The summed E-state index contributed by atoms with van der Waals surface area (Å²) in [6.07, 6.45) is 1.34. The number of amides is 3. The summed E-state index contributed by atoms with van der Waals surface area (Å²) in [5.41, 5.74) is 0.916. The third-order valence-corrected chi connectivity index (χ3v) is 6.83. The van der Waals surface area contributed by atoms with Crippen LogP contribution in [0.4, 0.5) is 10.2 Å². The van der Waals surface area contributed by atoms with Crippen LogP contribution in [0.5, 0.6) is 0 Å². The first-order chi connectivity index (χ1) is 16.7. The Kier molecular flexibility index (Phi) is 5.47. The number of carbonyl (C=O) groups is 3. The molecule has 12 heteroatoms. The van der Waals surface area contributed by atoms with E-state index in [0.29, 0.717) is 35.4 Å². The standard InChI is InChI=1S/C23H21FN6O4S/c1-11-18-20(30(13(3)31)14(4)32)26-21(22-25-12(2)27-35-22)29(18)9-8-28(11)23(33)16-5-6-17(24)15-7-10-34-19(15)16/h5-7,10-11H,8-9H2,1-4H3. The van der Waals surface area contributed by atoms with Crippen molar-refractivity contribution in [1.82, 2.24) is 23.8 Å². The fourth-order valence-corrected chi connectivity index (χ4v) is 5.17. The largest absolute Gasteiger partial charge is 0.463 e. The van der Waals surface area contributed by atoms with Crippen LogP contribution in [0.1, 0.15) is 48.7 Å². The summed E-state index contributed by atoms with van der Waals surface area (Å²) in [6, 6.07) is 3.54. The minimum absolute atomic E-state index is 0.153. The molecule has 3 amide bonds. The van der Waals surface area contributed by atoms with E-state index in [1.54, 1.807) is 18.7 Å². The molecule has 0 radical (unpaired) electrons. The molecular weight excluding hydrogens is 475 g/mol. The predicted octanol–water partition coefficient (Wildman–Crippen LogP) is 3.71. The van der Waals surface area contributed by atoms with Crippen LogP contribution in [-0.4, -0.2) is 48.1 Å². The molecule has 0 bridgehead atoms. The van der Waals surface area contributed by atoms with E-state index in [2.05, 4.69) is 14.3 Å². The number of imidazole rings is 1. The molecule has 0 N–H and O–H groups in total. The van der Waals surface area contributed by atoms with Gasteiger partial charge in [-0.1, -0.05) is 0 Å². The van der Waals surface area contributed by atoms with Gasteiger partial charge in [-0.2, -0.15) is 4.37 Å². The molecule has 1 aliphatic heterocycles. The highest BCUT2D eigenvalue weighted by Crippen LogP contribution is 2.39. The Morgan fingerprint density at radius 1 is 1.14 bits per heavy atom. The first kappa shape index (κ1) is 22.8. The molecule has 4 aromatic rings. The Bertz CT molecular complexity index is 1490. The van der Waals surface area contributed by atoms with Gasteiger partial charge in [-0.05, 0) is 43.6 Å². The van der Waals surface area contributed by atoms with E-state index < -0.39 is 23.7 Å². The molecule has 3 aromatic heterocycles. The lowest BCUT2D eigenvalue weighted by Gasteiger charge is -2.36. The normalized spacial score (nSPS) is 15.3. The van der Waals surface area contributed by atoms with Crippen LogP contribution < -0.4 is 4.90 Å². The van der Waals surface area contributed by atoms with Gasteiger partial charge in [0.1, 0.15) is 17.2 Å². The van der Waals surface area contributed by atoms with Crippen LogP contribution >= 0.6 is 11.5 Å². The van der Waals surface area contributed by atoms with Gasteiger partial charge in [0, 0.05) is 26.9 Å². The van der Waals surface area contributed by atoms with Gasteiger partial charge in [-0.25, -0.2) is 19.3 Å². The highest BCUT2D eigenvalue weighted by Gasteiger charge is 2.38. The molecule has 1 aliphatic rings. The number of fused-ring (bicyclic) bond motifs is 2. The van der Waals surface area contributed by atoms with Crippen molar-refractivity contribution in [1.29, 1.82) is 0 Å². The van der Waals surface area contributed by atoms with E-state index in [9.17, 15) is 18.8 Å². The number of benzene rings is 1. The molecule has 0 fully saturated rings. The maximum atomic E-state index is 14.2. The predicted molar refractivity (Wildman–Crippen MR) is 125 cm³/mol. The molecular formula is C23H21FN6O4S. The molecule has 1 aromatic carbocycles. The molecule has 4 heterocycles. The van der Waals surface area contributed by atoms with E-state index in [-0.39, 0.29) is 28.3 Å². The summed E-state index contributed by atoms with van der Waals surface area (Å²) in [5.74, 6) is -0.621. The number of aromatic nitrogens is 4. The number of rotatable bonds is 3. The fourth-order valence-electron chi connectivity index (χ4n) is 4.50. The van der Waals surface area contributed by atoms with Crippen molar-refractivity contribution in [3.05, 3.63) is 47.4 Å². The molecule has 5 rings (SSSR count). The topological polar surface area (TPSA) is 114 Å². The van der Waals surface area contributed by atoms with Crippen molar-refractivity contribution < 1.29 is 23.2 Å². The number of imide groups is 1. The van der Waals surface area contributed by atoms with E-state index in [0.717, 1.165) is 16.4 Å². The molecule has 0 saturated carbocycles. The Morgan fingerprint density at radius 2 is 1.89 bits per heavy atom. The Balaban J connectivity index is 1.64. The minimum atomic E-state index is -0.571. The van der Waals surface area contributed by atoms with Gasteiger partial charge >= 0.3 is 0 Å². The van der Waals surface area contributed by atoms with Crippen molar-refractivity contribution in [3.63, 3.8) is 0 Å². The lowest BCUT2D eigenvalue weighted by atomic mass is 10.1. The van der Waals surface area contributed by atoms with E-state index >= 15 is 0 Å². The second-order valence-electron chi connectivity index (χ2n) is 8.25. The van der Waals surface area contributed by atoms with E-state index in [1.807, 2.05) is 4.57 Å². The highest BCUT2D eigenvalue weighted by atomic mass is 32.1. The smallest absolute Gasteiger partial charge is 0.258 e. The van der Waals surface area contributed by atoms with E-state index in [1.165, 1.54) is 38.3 Å².